The van der Waals surface area contributed by atoms with Gasteiger partial charge in [0.05, 0.1) is 78.8 Å². The zero-order valence-electron chi connectivity index (χ0n) is 36.3. The Morgan fingerprint density at radius 3 is 1.83 bits per heavy atom. The summed E-state index contributed by atoms with van der Waals surface area (Å²) in [5, 5.41) is 56.0. The number of phenols is 1. The summed E-state index contributed by atoms with van der Waals surface area (Å²) in [6, 6.07) is 16.7. The zero-order valence-corrected chi connectivity index (χ0v) is 51.6. The van der Waals surface area contributed by atoms with Crippen molar-refractivity contribution in [1.29, 1.82) is 0 Å². The van der Waals surface area contributed by atoms with Crippen LogP contribution in [0.15, 0.2) is 125 Å². The Kier molecular flexibility index (Phi) is 31.3. The third kappa shape index (κ3) is 20.2. The molecule has 0 saturated heterocycles. The third-order valence-electron chi connectivity index (χ3n) is 8.16. The molecule has 0 aromatic heterocycles. The number of anilines is 2. The van der Waals surface area contributed by atoms with E-state index in [4.69, 9.17) is 9.92 Å². The number of phenolic OH excluding ortho intramolecular Hbond substituents is 1. The van der Waals surface area contributed by atoms with E-state index in [1.165, 1.54) is 48.5 Å². The van der Waals surface area contributed by atoms with Crippen LogP contribution in [0.25, 0.3) is 10.8 Å². The molecule has 0 atom stereocenters. The largest absolute Gasteiger partial charge is 1.00 e. The number of carbonyl (C=O) groups is 1. The van der Waals surface area contributed by atoms with E-state index in [9.17, 15) is 63.2 Å². The fourth-order valence-electron chi connectivity index (χ4n) is 5.30. The molecule has 0 aliphatic rings. The van der Waals surface area contributed by atoms with Gasteiger partial charge in [-0.2, -0.15) is 14.6 Å². The van der Waals surface area contributed by atoms with Crippen LogP contribution >= 0.6 is 48.3 Å². The van der Waals surface area contributed by atoms with E-state index in [1.807, 2.05) is 0 Å². The number of halogens is 1. The molecule has 5 aromatic carbocycles. The van der Waals surface area contributed by atoms with Gasteiger partial charge in [-0.25, -0.2) is 33.7 Å². The van der Waals surface area contributed by atoms with Crippen LogP contribution in [0.1, 0.15) is 10.4 Å². The average Bonchev–Trinajstić information content (AvgIpc) is 3.24. The van der Waals surface area contributed by atoms with Crippen molar-refractivity contribution in [2.24, 2.45) is 20.5 Å². The fourth-order valence-corrected chi connectivity index (χ4v) is 9.34. The van der Waals surface area contributed by atoms with Gasteiger partial charge in [-0.05, 0) is 84.2 Å². The van der Waals surface area contributed by atoms with Gasteiger partial charge in [0.25, 0.3) is 5.91 Å². The number of hydrogen-bond donors (Lipinski definition) is 3. The Hall–Kier alpha value is -0.540. The number of nitrogen functional groups attached to an aromatic ring is 1. The Morgan fingerprint density at radius 2 is 1.26 bits per heavy atom. The van der Waals surface area contributed by atoms with Crippen LogP contribution in [0, 0.1) is 0 Å². The first-order valence-corrected chi connectivity index (χ1v) is 24.6. The summed E-state index contributed by atoms with van der Waals surface area (Å²) in [6.45, 7) is -1.29. The number of azo groups is 2. The molecule has 0 aliphatic heterocycles. The van der Waals surface area contributed by atoms with E-state index in [0.29, 0.717) is 0 Å². The SMILES string of the molecule is I.Nc1c(N=Nc2cccc(C(=O)Nc3ccc(S(=O)(=O)CCOSOO[O-])cc3)c2)c(S(=O)(=O)[O-])cc2cc(SOO[O-])c(N=Nc3ccc(S(=O)(=O)CCOS(=O)(=O)[O-])cc3)c(O)c12.[Na+].[Na+].[Na+].[Na+]. The Morgan fingerprint density at radius 1 is 0.700 bits per heavy atom. The first-order chi connectivity index (χ1) is 30.6. The molecule has 0 heterocycles. The molecule has 0 unspecified atom stereocenters. The van der Waals surface area contributed by atoms with E-state index in [0.717, 1.165) is 36.4 Å². The number of nitrogens with one attached hydrogen (secondary N) is 1. The summed E-state index contributed by atoms with van der Waals surface area (Å²) in [5.41, 5.74) is 4.54. The topological polar surface area (TPSA) is 409 Å². The predicted octanol–water partition coefficient (Wildman–Crippen LogP) is -8.19. The smallest absolute Gasteiger partial charge is 0.744 e. The second-order valence-corrected chi connectivity index (χ2v) is 20.2. The molecule has 37 heteroatoms. The zero-order chi connectivity index (χ0) is 47.6. The first-order valence-electron chi connectivity index (χ1n) is 17.1. The molecule has 0 radical (unpaired) electrons. The van der Waals surface area contributed by atoms with Gasteiger partial charge in [0, 0.05) is 11.3 Å². The maximum absolute atomic E-state index is 13.1. The molecule has 0 saturated carbocycles. The second-order valence-electron chi connectivity index (χ2n) is 12.3. The summed E-state index contributed by atoms with van der Waals surface area (Å²) < 4.78 is 136. The van der Waals surface area contributed by atoms with Crippen LogP contribution < -0.4 is 140 Å². The summed E-state index contributed by atoms with van der Waals surface area (Å²) in [4.78, 5) is 11.4. The van der Waals surface area contributed by atoms with E-state index < -0.39 is 91.9 Å². The molecule has 0 spiro atoms. The number of benzene rings is 5. The third-order valence-corrected chi connectivity index (χ3v) is 13.8. The Labute approximate surface area is 512 Å². The molecule has 0 bridgehead atoms. The molecule has 4 N–H and O–H groups in total. The summed E-state index contributed by atoms with van der Waals surface area (Å²) in [7, 11) is -18.5. The van der Waals surface area contributed by atoms with Crippen molar-refractivity contribution in [3.05, 3.63) is 90.5 Å². The van der Waals surface area contributed by atoms with Crippen LogP contribution in [0.3, 0.4) is 0 Å². The number of hydrogen-bond acceptors (Lipinski definition) is 27. The molecule has 70 heavy (non-hydrogen) atoms. The summed E-state index contributed by atoms with van der Waals surface area (Å²) in [5.74, 6) is -2.87. The molecule has 1 amide bonds. The Balaban J connectivity index is 0.00000952. The quantitative estimate of drug-likeness (QED) is 0.00553. The van der Waals surface area contributed by atoms with Gasteiger partial charge in [0.2, 0.25) is 10.4 Å². The van der Waals surface area contributed by atoms with Crippen LogP contribution in [-0.2, 0) is 67.3 Å². The summed E-state index contributed by atoms with van der Waals surface area (Å²) in [6.07, 6.45) is 0. The number of sulfone groups is 2. The van der Waals surface area contributed by atoms with Gasteiger partial charge in [0.15, 0.2) is 37.7 Å². The van der Waals surface area contributed by atoms with Crippen molar-refractivity contribution in [3.63, 3.8) is 0 Å². The van der Waals surface area contributed by atoms with Crippen molar-refractivity contribution in [1.82, 2.24) is 0 Å². The number of fused-ring (bicyclic) bond motifs is 1. The van der Waals surface area contributed by atoms with Gasteiger partial charge in [-0.3, -0.25) is 23.2 Å². The molecular weight excluding hydrogens is 1210 g/mol. The van der Waals surface area contributed by atoms with E-state index >= 15 is 0 Å². The second kappa shape index (κ2) is 31.5. The van der Waals surface area contributed by atoms with E-state index in [1.54, 1.807) is 0 Å². The minimum atomic E-state index is -5.39. The normalized spacial score (nSPS) is 11.8. The monoisotopic (exact) mass is 1240 g/mol. The number of amides is 1. The molecule has 26 nitrogen and oxygen atoms in total. The standard InChI is InChI=1S/C33H30N6O20S6.HI.4Na/c34-29-28-20(17-26(60-58-56-42)30(32(28)40)38-36-22-6-10-25(11-7-22)63(46,47)15-13-55-65(51,52)53)18-27(64(48,49)50)31(29)39-37-23-3-1-2-19(16-23)33(41)35-21-4-8-24(9-5-21)62(44,45)14-12-54-61-59-57-43;;;;;/h1-11,16-18,40,42-43H,12-15,34H2,(H,35,41)(H,48,49,50)(H,51,52,53);1H;;;;/q;;4*+1/p-4. The Bertz CT molecular complexity index is 3100. The van der Waals surface area contributed by atoms with Gasteiger partial charge >= 0.3 is 118 Å². The maximum atomic E-state index is 13.1. The predicted molar refractivity (Wildman–Crippen MR) is 233 cm³/mol. The van der Waals surface area contributed by atoms with Crippen molar-refractivity contribution in [3.8, 4) is 5.75 Å². The fraction of sp³-hybridized carbons (Fsp3) is 0.121. The average molecular weight is 1240 g/mol. The van der Waals surface area contributed by atoms with Gasteiger partial charge in [-0.1, -0.05) is 6.07 Å². The van der Waals surface area contributed by atoms with Crippen LogP contribution in [-0.4, -0.2) is 78.5 Å². The van der Waals surface area contributed by atoms with Crippen molar-refractivity contribution >= 4 is 139 Å². The first kappa shape index (κ1) is 69.5. The van der Waals surface area contributed by atoms with Gasteiger partial charge < -0.3 is 35.8 Å². The number of carbonyl (C=O) groups excluding carboxylic acids is 1. The number of nitrogens with zero attached hydrogens (tertiary/aromatic N) is 4. The van der Waals surface area contributed by atoms with Crippen molar-refractivity contribution < 1.29 is 209 Å². The number of nitrogens with two attached hydrogens (primary N) is 1. The van der Waals surface area contributed by atoms with E-state index in [2.05, 4.69) is 48.7 Å². The molecular formula is C33H27IN6Na4O20S6. The molecule has 5 aromatic rings. The molecule has 0 aliphatic carbocycles. The van der Waals surface area contributed by atoms with Gasteiger partial charge in [-0.15, -0.1) is 38.5 Å². The molecule has 356 valence electrons. The summed E-state index contributed by atoms with van der Waals surface area (Å²) >= 11 is 0.325. The number of rotatable bonds is 22. The van der Waals surface area contributed by atoms with Crippen LogP contribution in [0.2, 0.25) is 0 Å². The van der Waals surface area contributed by atoms with Crippen molar-refractivity contribution in [2.45, 2.75) is 19.6 Å². The van der Waals surface area contributed by atoms with Crippen LogP contribution in [0.5, 0.6) is 5.75 Å². The minimum Gasteiger partial charge on any atom is -0.744 e. The number of aromatic hydroxyl groups is 1. The molecule has 0 fully saturated rings. The van der Waals surface area contributed by atoms with Crippen molar-refractivity contribution in [2.75, 3.05) is 35.8 Å². The minimum absolute atomic E-state index is 0. The van der Waals surface area contributed by atoms with Gasteiger partial charge in [0.1, 0.15) is 21.5 Å². The van der Waals surface area contributed by atoms with Crippen LogP contribution in [0.4, 0.5) is 34.1 Å². The molecule has 5 rings (SSSR count). The maximum Gasteiger partial charge on any atom is 1.00 e. The van der Waals surface area contributed by atoms with E-state index in [-0.39, 0.29) is 221 Å².